The third-order valence-electron chi connectivity index (χ3n) is 6.58. The third kappa shape index (κ3) is 8.98. The molecule has 0 radical (unpaired) electrons. The molecule has 0 aliphatic rings. The van der Waals surface area contributed by atoms with Gasteiger partial charge < -0.3 is 15.5 Å². The monoisotopic (exact) mass is 611 g/mol. The first-order chi connectivity index (χ1) is 19.9. The molecule has 0 saturated heterocycles. The molecule has 43 heavy (non-hydrogen) atoms. The lowest BCUT2D eigenvalue weighted by Crippen LogP contribution is -2.41. The summed E-state index contributed by atoms with van der Waals surface area (Å²) in [4.78, 5) is 27.4. The number of rotatable bonds is 9. The lowest BCUT2D eigenvalue weighted by molar-refractivity contribution is -0.143. The van der Waals surface area contributed by atoms with Gasteiger partial charge >= 0.3 is 18.4 Å². The maximum absolute atomic E-state index is 13.3. The molecule has 13 heteroatoms. The van der Waals surface area contributed by atoms with E-state index in [0.29, 0.717) is 36.5 Å². The second kappa shape index (κ2) is 13.1. The van der Waals surface area contributed by atoms with Crippen molar-refractivity contribution in [1.29, 1.82) is 0 Å². The molecule has 0 aliphatic heterocycles. The molecule has 2 aromatic carbocycles. The van der Waals surface area contributed by atoms with Gasteiger partial charge in [0.15, 0.2) is 0 Å². The summed E-state index contributed by atoms with van der Waals surface area (Å²) in [5.74, 6) is -0.285. The summed E-state index contributed by atoms with van der Waals surface area (Å²) in [6.07, 6.45) is -8.23. The van der Waals surface area contributed by atoms with Crippen LogP contribution in [-0.2, 0) is 22.6 Å². The Morgan fingerprint density at radius 1 is 0.884 bits per heavy atom. The van der Waals surface area contributed by atoms with Crippen molar-refractivity contribution < 1.29 is 35.9 Å². The number of para-hydroxylation sites is 1. The summed E-state index contributed by atoms with van der Waals surface area (Å²) >= 11 is 0. The predicted octanol–water partition coefficient (Wildman–Crippen LogP) is 8.18. The Morgan fingerprint density at radius 2 is 1.49 bits per heavy atom. The number of nitrogens with zero attached hydrogens (tertiary/aromatic N) is 3. The van der Waals surface area contributed by atoms with Crippen LogP contribution in [-0.4, -0.2) is 39.7 Å². The number of aromatic nitrogens is 2. The summed E-state index contributed by atoms with van der Waals surface area (Å²) in [5, 5.41) is 9.57. The number of carbonyl (C=O) groups is 2. The summed E-state index contributed by atoms with van der Waals surface area (Å²) < 4.78 is 81.5. The lowest BCUT2D eigenvalue weighted by Gasteiger charge is -2.23. The van der Waals surface area contributed by atoms with E-state index in [9.17, 15) is 35.9 Å². The zero-order valence-corrected chi connectivity index (χ0v) is 24.6. The van der Waals surface area contributed by atoms with Gasteiger partial charge in [0.25, 0.3) is 0 Å². The van der Waals surface area contributed by atoms with Gasteiger partial charge in [-0.25, -0.2) is 9.48 Å². The van der Waals surface area contributed by atoms with E-state index in [2.05, 4.69) is 15.7 Å². The van der Waals surface area contributed by atoms with E-state index in [1.807, 2.05) is 58.9 Å². The molecule has 0 saturated carbocycles. The third-order valence-corrected chi connectivity index (χ3v) is 6.58. The number of hydrogen-bond donors (Lipinski definition) is 2. The Labute approximate surface area is 246 Å². The second-order valence-electron chi connectivity index (χ2n) is 11.3. The smallest absolute Gasteiger partial charge is 0.315 e. The highest BCUT2D eigenvalue weighted by Gasteiger charge is 2.37. The van der Waals surface area contributed by atoms with Crippen LogP contribution in [0.3, 0.4) is 0 Å². The number of urea groups is 1. The molecular weight excluding hydrogens is 576 g/mol. The Morgan fingerprint density at radius 3 is 2.02 bits per heavy atom. The standard InChI is InChI=1S/C30H35F6N5O2/c1-6-7-10-13-40(27(43)37-22-15-20(29(31,32)33)14-21(16-22)30(34,35)36)18-26(42)38-25-17-24(28(3,4)5)39-41(25)23-12-9-8-11-19(23)2/h8-9,11-12,14-17H,6-7,10,13,18H2,1-5H3,(H,37,43)(H,38,42). The molecule has 3 amide bonds. The minimum absolute atomic E-state index is 0.0223. The summed E-state index contributed by atoms with van der Waals surface area (Å²) in [6.45, 7) is 9.21. The highest BCUT2D eigenvalue weighted by molar-refractivity contribution is 5.97. The van der Waals surface area contributed by atoms with Gasteiger partial charge in [-0.2, -0.15) is 31.4 Å². The van der Waals surface area contributed by atoms with Crippen LogP contribution >= 0.6 is 0 Å². The average molecular weight is 612 g/mol. The molecule has 2 N–H and O–H groups in total. The van der Waals surface area contributed by atoms with Crippen LogP contribution in [0, 0.1) is 6.92 Å². The van der Waals surface area contributed by atoms with Crippen LogP contribution in [0.4, 0.5) is 42.6 Å². The van der Waals surface area contributed by atoms with Crippen molar-refractivity contribution in [1.82, 2.24) is 14.7 Å². The molecule has 3 rings (SSSR count). The fourth-order valence-electron chi connectivity index (χ4n) is 4.21. The van der Waals surface area contributed by atoms with E-state index in [0.717, 1.165) is 22.6 Å². The van der Waals surface area contributed by atoms with Gasteiger partial charge in [0.05, 0.1) is 22.5 Å². The first kappa shape index (κ1) is 33.5. The molecule has 1 aromatic heterocycles. The number of unbranched alkanes of at least 4 members (excludes halogenated alkanes) is 2. The van der Waals surface area contributed by atoms with Gasteiger partial charge in [-0.05, 0) is 43.2 Å². The molecule has 7 nitrogen and oxygen atoms in total. The molecule has 0 aliphatic carbocycles. The number of hydrogen-bond acceptors (Lipinski definition) is 3. The van der Waals surface area contributed by atoms with Gasteiger partial charge in [-0.1, -0.05) is 58.7 Å². The number of amides is 3. The number of halogens is 6. The lowest BCUT2D eigenvalue weighted by atomic mass is 9.92. The van der Waals surface area contributed by atoms with Gasteiger partial charge in [0.1, 0.15) is 12.4 Å². The quantitative estimate of drug-likeness (QED) is 0.189. The number of alkyl halides is 6. The molecule has 234 valence electrons. The van der Waals surface area contributed by atoms with Crippen LogP contribution in [0.15, 0.2) is 48.5 Å². The molecule has 1 heterocycles. The van der Waals surface area contributed by atoms with Crippen molar-refractivity contribution in [3.05, 3.63) is 70.9 Å². The van der Waals surface area contributed by atoms with E-state index in [1.165, 1.54) is 0 Å². The highest BCUT2D eigenvalue weighted by Crippen LogP contribution is 2.37. The average Bonchev–Trinajstić information content (AvgIpc) is 3.31. The summed E-state index contributed by atoms with van der Waals surface area (Å²) in [6, 6.07) is 8.93. The molecule has 0 atom stereocenters. The summed E-state index contributed by atoms with van der Waals surface area (Å²) in [5.41, 5.74) is -1.88. The number of carbonyl (C=O) groups excluding carboxylic acids is 2. The summed E-state index contributed by atoms with van der Waals surface area (Å²) in [7, 11) is 0. The predicted molar refractivity (Wildman–Crippen MR) is 152 cm³/mol. The SMILES string of the molecule is CCCCCN(CC(=O)Nc1cc(C(C)(C)C)nn1-c1ccccc1C)C(=O)Nc1cc(C(F)(F)F)cc(C(F)(F)F)c1. The normalized spacial score (nSPS) is 12.3. The first-order valence-corrected chi connectivity index (χ1v) is 13.7. The molecule has 0 bridgehead atoms. The first-order valence-electron chi connectivity index (χ1n) is 13.7. The number of nitrogens with one attached hydrogen (secondary N) is 2. The van der Waals surface area contributed by atoms with Crippen molar-refractivity contribution in [2.45, 2.75) is 71.6 Å². The van der Waals surface area contributed by atoms with Crippen molar-refractivity contribution >= 4 is 23.4 Å². The maximum Gasteiger partial charge on any atom is 0.416 e. The van der Waals surface area contributed by atoms with E-state index in [4.69, 9.17) is 0 Å². The molecule has 0 fully saturated rings. The molecule has 0 unspecified atom stereocenters. The largest absolute Gasteiger partial charge is 0.416 e. The number of benzene rings is 2. The zero-order valence-electron chi connectivity index (χ0n) is 24.6. The van der Waals surface area contributed by atoms with E-state index in [1.54, 1.807) is 10.7 Å². The minimum atomic E-state index is -5.08. The van der Waals surface area contributed by atoms with Crippen LogP contribution in [0.1, 0.15) is 69.3 Å². The topological polar surface area (TPSA) is 79.3 Å². The van der Waals surface area contributed by atoms with Crippen LogP contribution < -0.4 is 10.6 Å². The van der Waals surface area contributed by atoms with Gasteiger partial charge in [-0.3, -0.25) is 4.79 Å². The van der Waals surface area contributed by atoms with Crippen LogP contribution in [0.2, 0.25) is 0 Å². The fraction of sp³-hybridized carbons (Fsp3) is 0.433. The molecular formula is C30H35F6N5O2. The number of anilines is 2. The highest BCUT2D eigenvalue weighted by atomic mass is 19.4. The zero-order chi connectivity index (χ0) is 32.2. The Bertz CT molecular complexity index is 1410. The van der Waals surface area contributed by atoms with Crippen LogP contribution in [0.25, 0.3) is 5.69 Å². The Hall–Kier alpha value is -4.03. The van der Waals surface area contributed by atoms with Crippen molar-refractivity contribution in [2.75, 3.05) is 23.7 Å². The van der Waals surface area contributed by atoms with Crippen molar-refractivity contribution in [3.63, 3.8) is 0 Å². The minimum Gasteiger partial charge on any atom is -0.315 e. The maximum atomic E-state index is 13.3. The van der Waals surface area contributed by atoms with E-state index < -0.39 is 47.6 Å². The van der Waals surface area contributed by atoms with E-state index >= 15 is 0 Å². The van der Waals surface area contributed by atoms with Crippen LogP contribution in [0.5, 0.6) is 0 Å². The van der Waals surface area contributed by atoms with Crippen molar-refractivity contribution in [3.8, 4) is 5.69 Å². The van der Waals surface area contributed by atoms with Gasteiger partial charge in [0, 0.05) is 23.7 Å². The fourth-order valence-corrected chi connectivity index (χ4v) is 4.21. The molecule has 0 spiro atoms. The van der Waals surface area contributed by atoms with Gasteiger partial charge in [0.2, 0.25) is 5.91 Å². The van der Waals surface area contributed by atoms with Crippen molar-refractivity contribution in [2.24, 2.45) is 0 Å². The Balaban J connectivity index is 1.89. The van der Waals surface area contributed by atoms with Gasteiger partial charge in [-0.15, -0.1) is 0 Å². The Kier molecular flexibility index (Phi) is 10.2. The van der Waals surface area contributed by atoms with E-state index in [-0.39, 0.29) is 18.0 Å². The second-order valence-corrected chi connectivity index (χ2v) is 11.3. The molecule has 3 aromatic rings. The number of aryl methyl sites for hydroxylation is 1.